The molecule has 0 saturated heterocycles. The lowest BCUT2D eigenvalue weighted by atomic mass is 10.1. The van der Waals surface area contributed by atoms with Gasteiger partial charge in [0, 0.05) is 16.3 Å². The molecule has 0 spiro atoms. The van der Waals surface area contributed by atoms with E-state index in [1.54, 1.807) is 30.3 Å². The summed E-state index contributed by atoms with van der Waals surface area (Å²) in [5.74, 6) is 0.210. The van der Waals surface area contributed by atoms with Crippen molar-refractivity contribution < 1.29 is 9.59 Å². The third-order valence-corrected chi connectivity index (χ3v) is 5.18. The Morgan fingerprint density at radius 2 is 1.77 bits per heavy atom. The number of carbonyl (C=O) groups excluding carboxylic acids is 2. The number of aromatic nitrogens is 2. The fourth-order valence-corrected chi connectivity index (χ4v) is 3.62. The zero-order valence-corrected chi connectivity index (χ0v) is 17.7. The minimum Gasteiger partial charge on any atom is -0.345 e. The maximum atomic E-state index is 12.7. The van der Waals surface area contributed by atoms with Gasteiger partial charge in [-0.2, -0.15) is 0 Å². The highest BCUT2D eigenvalue weighted by Crippen LogP contribution is 2.18. The number of rotatable bonds is 6. The lowest BCUT2D eigenvalue weighted by Crippen LogP contribution is -2.27. The van der Waals surface area contributed by atoms with Gasteiger partial charge in [0.15, 0.2) is 0 Å². The zero-order chi connectivity index (χ0) is 21.8. The molecule has 2 amide bonds. The standard InChI is InChI=1S/C24H21ClN4O2/c1-16-7-2-3-10-19(16)24(31)26-14-22-28-20-11-4-5-12-21(20)29(22)15-23(30)27-18-9-6-8-17(25)13-18/h2-13H,14-15H2,1H3,(H,26,31)(H,27,30). The molecule has 6 nitrogen and oxygen atoms in total. The van der Waals surface area contributed by atoms with Crippen LogP contribution in [0.2, 0.25) is 5.02 Å². The van der Waals surface area contributed by atoms with Gasteiger partial charge in [-0.25, -0.2) is 4.98 Å². The lowest BCUT2D eigenvalue weighted by Gasteiger charge is -2.11. The Hall–Kier alpha value is -3.64. The van der Waals surface area contributed by atoms with E-state index in [0.29, 0.717) is 22.1 Å². The van der Waals surface area contributed by atoms with Gasteiger partial charge in [-0.15, -0.1) is 0 Å². The summed E-state index contributed by atoms with van der Waals surface area (Å²) in [5, 5.41) is 6.31. The number of aryl methyl sites for hydroxylation is 1. The van der Waals surface area contributed by atoms with Crippen LogP contribution < -0.4 is 10.6 Å². The van der Waals surface area contributed by atoms with Crippen LogP contribution in [0.3, 0.4) is 0 Å². The van der Waals surface area contributed by atoms with Crippen molar-refractivity contribution in [2.75, 3.05) is 5.32 Å². The van der Waals surface area contributed by atoms with Crippen LogP contribution in [-0.2, 0) is 17.9 Å². The number of halogens is 1. The Morgan fingerprint density at radius 3 is 2.58 bits per heavy atom. The van der Waals surface area contributed by atoms with E-state index < -0.39 is 0 Å². The number of fused-ring (bicyclic) bond motifs is 1. The molecule has 1 aromatic heterocycles. The third kappa shape index (κ3) is 4.75. The minimum absolute atomic E-state index is 0.0581. The van der Waals surface area contributed by atoms with Crippen LogP contribution in [0.1, 0.15) is 21.7 Å². The summed E-state index contributed by atoms with van der Waals surface area (Å²) in [5.41, 5.74) is 3.72. The average molecular weight is 433 g/mol. The van der Waals surface area contributed by atoms with Crippen LogP contribution >= 0.6 is 11.6 Å². The molecule has 156 valence electrons. The molecular weight excluding hydrogens is 412 g/mol. The highest BCUT2D eigenvalue weighted by Gasteiger charge is 2.15. The van der Waals surface area contributed by atoms with E-state index in [1.807, 2.05) is 54.0 Å². The first-order chi connectivity index (χ1) is 15.0. The number of nitrogens with one attached hydrogen (secondary N) is 2. The second-order valence-electron chi connectivity index (χ2n) is 7.16. The number of imidazole rings is 1. The van der Waals surface area contributed by atoms with E-state index in [4.69, 9.17) is 11.6 Å². The molecule has 0 aliphatic heterocycles. The van der Waals surface area contributed by atoms with Gasteiger partial charge in [-0.1, -0.05) is 48.0 Å². The Balaban J connectivity index is 1.55. The van der Waals surface area contributed by atoms with Crippen molar-refractivity contribution in [3.8, 4) is 0 Å². The van der Waals surface area contributed by atoms with E-state index in [1.165, 1.54) is 0 Å². The Bertz CT molecular complexity index is 1270. The third-order valence-electron chi connectivity index (χ3n) is 4.94. The summed E-state index contributed by atoms with van der Waals surface area (Å²) < 4.78 is 1.81. The molecule has 7 heteroatoms. The molecule has 0 radical (unpaired) electrons. The van der Waals surface area contributed by atoms with Crippen molar-refractivity contribution in [3.63, 3.8) is 0 Å². The molecule has 0 fully saturated rings. The average Bonchev–Trinajstić information content (AvgIpc) is 3.09. The smallest absolute Gasteiger partial charge is 0.251 e. The van der Waals surface area contributed by atoms with Crippen molar-refractivity contribution in [2.45, 2.75) is 20.0 Å². The summed E-state index contributed by atoms with van der Waals surface area (Å²) in [6.45, 7) is 2.15. The zero-order valence-electron chi connectivity index (χ0n) is 16.9. The van der Waals surface area contributed by atoms with Crippen molar-refractivity contribution >= 4 is 40.1 Å². The summed E-state index contributed by atoms with van der Waals surface area (Å²) >= 11 is 6.00. The predicted octanol–water partition coefficient (Wildman–Crippen LogP) is 4.57. The minimum atomic E-state index is -0.211. The lowest BCUT2D eigenvalue weighted by molar-refractivity contribution is -0.116. The highest BCUT2D eigenvalue weighted by atomic mass is 35.5. The second-order valence-corrected chi connectivity index (χ2v) is 7.60. The first kappa shape index (κ1) is 20.6. The SMILES string of the molecule is Cc1ccccc1C(=O)NCc1nc2ccccc2n1CC(=O)Nc1cccc(Cl)c1. The van der Waals surface area contributed by atoms with Crippen LogP contribution in [0.4, 0.5) is 5.69 Å². The number of para-hydroxylation sites is 2. The van der Waals surface area contributed by atoms with E-state index in [0.717, 1.165) is 16.6 Å². The van der Waals surface area contributed by atoms with Crippen LogP contribution in [0, 0.1) is 6.92 Å². The molecule has 0 bridgehead atoms. The molecule has 0 aliphatic carbocycles. The van der Waals surface area contributed by atoms with E-state index >= 15 is 0 Å². The van der Waals surface area contributed by atoms with Crippen molar-refractivity contribution in [1.29, 1.82) is 0 Å². The largest absolute Gasteiger partial charge is 0.345 e. The maximum Gasteiger partial charge on any atom is 0.251 e. The van der Waals surface area contributed by atoms with E-state index in [2.05, 4.69) is 15.6 Å². The summed E-state index contributed by atoms with van der Waals surface area (Å²) in [6, 6.07) is 22.0. The fourth-order valence-electron chi connectivity index (χ4n) is 3.43. The molecule has 2 N–H and O–H groups in total. The van der Waals surface area contributed by atoms with E-state index in [9.17, 15) is 9.59 Å². The molecule has 0 atom stereocenters. The van der Waals surface area contributed by atoms with Crippen molar-refractivity contribution in [1.82, 2.24) is 14.9 Å². The number of benzene rings is 3. The topological polar surface area (TPSA) is 76.0 Å². The summed E-state index contributed by atoms with van der Waals surface area (Å²) in [6.07, 6.45) is 0. The number of hydrogen-bond acceptors (Lipinski definition) is 3. The number of amides is 2. The molecule has 0 saturated carbocycles. The van der Waals surface area contributed by atoms with Gasteiger partial charge in [0.2, 0.25) is 5.91 Å². The quantitative estimate of drug-likeness (QED) is 0.468. The predicted molar refractivity (Wildman–Crippen MR) is 122 cm³/mol. The Labute approximate surface area is 184 Å². The van der Waals surface area contributed by atoms with Gasteiger partial charge < -0.3 is 15.2 Å². The molecule has 0 unspecified atom stereocenters. The Kier molecular flexibility index (Phi) is 6.00. The van der Waals surface area contributed by atoms with Gasteiger partial charge in [0.05, 0.1) is 17.6 Å². The van der Waals surface area contributed by atoms with Gasteiger partial charge in [-0.05, 0) is 48.9 Å². The first-order valence-electron chi connectivity index (χ1n) is 9.84. The molecular formula is C24H21ClN4O2. The Morgan fingerprint density at radius 1 is 1.00 bits per heavy atom. The molecule has 1 heterocycles. The monoisotopic (exact) mass is 432 g/mol. The highest BCUT2D eigenvalue weighted by molar-refractivity contribution is 6.30. The van der Waals surface area contributed by atoms with Crippen LogP contribution in [-0.4, -0.2) is 21.4 Å². The van der Waals surface area contributed by atoms with E-state index in [-0.39, 0.29) is 24.9 Å². The molecule has 0 aliphatic rings. The number of hydrogen-bond donors (Lipinski definition) is 2. The fraction of sp³-hybridized carbons (Fsp3) is 0.125. The number of anilines is 1. The first-order valence-corrected chi connectivity index (χ1v) is 10.2. The van der Waals surface area contributed by atoms with Crippen molar-refractivity contribution in [2.24, 2.45) is 0 Å². The van der Waals surface area contributed by atoms with Gasteiger partial charge in [0.1, 0.15) is 12.4 Å². The normalized spacial score (nSPS) is 10.8. The van der Waals surface area contributed by atoms with Crippen LogP contribution in [0.5, 0.6) is 0 Å². The van der Waals surface area contributed by atoms with Gasteiger partial charge in [0.25, 0.3) is 5.91 Å². The molecule has 3 aromatic carbocycles. The molecule has 31 heavy (non-hydrogen) atoms. The van der Waals surface area contributed by atoms with Gasteiger partial charge in [-0.3, -0.25) is 9.59 Å². The summed E-state index contributed by atoms with van der Waals surface area (Å²) in [4.78, 5) is 29.9. The van der Waals surface area contributed by atoms with Crippen LogP contribution in [0.25, 0.3) is 11.0 Å². The second kappa shape index (κ2) is 9.02. The molecule has 4 aromatic rings. The van der Waals surface area contributed by atoms with Crippen LogP contribution in [0.15, 0.2) is 72.8 Å². The number of nitrogens with zero attached hydrogens (tertiary/aromatic N) is 2. The molecule has 4 rings (SSSR count). The maximum absolute atomic E-state index is 12.7. The van der Waals surface area contributed by atoms with Crippen molar-refractivity contribution in [3.05, 3.63) is 94.8 Å². The van der Waals surface area contributed by atoms with Gasteiger partial charge >= 0.3 is 0 Å². The number of carbonyl (C=O) groups is 2. The summed E-state index contributed by atoms with van der Waals surface area (Å²) in [7, 11) is 0.